The first-order chi connectivity index (χ1) is 10.5. The Morgan fingerprint density at radius 3 is 2.82 bits per heavy atom. The van der Waals surface area contributed by atoms with Gasteiger partial charge in [-0.05, 0) is 44.1 Å². The fourth-order valence-corrected chi connectivity index (χ4v) is 4.70. The topological polar surface area (TPSA) is 62.2 Å². The van der Waals surface area contributed by atoms with E-state index in [0.717, 1.165) is 28.4 Å². The molecule has 0 aromatic carbocycles. The second-order valence-electron chi connectivity index (χ2n) is 5.86. The van der Waals surface area contributed by atoms with Crippen molar-refractivity contribution in [1.82, 2.24) is 10.3 Å². The average Bonchev–Trinajstić information content (AvgIpc) is 3.03. The lowest BCUT2D eigenvalue weighted by Gasteiger charge is -2.37. The maximum absolute atomic E-state index is 12.4. The number of amides is 1. The van der Waals surface area contributed by atoms with Gasteiger partial charge in [0, 0.05) is 9.75 Å². The third-order valence-electron chi connectivity index (χ3n) is 4.11. The number of nitrogens with zero attached hydrogens (tertiary/aromatic N) is 1. The number of aromatic nitrogens is 1. The molecule has 2 N–H and O–H groups in total. The number of aliphatic hydroxyl groups is 1. The van der Waals surface area contributed by atoms with E-state index in [4.69, 9.17) is 0 Å². The molecule has 0 radical (unpaired) electrons. The maximum atomic E-state index is 12.4. The van der Waals surface area contributed by atoms with Crippen LogP contribution in [0.4, 0.5) is 0 Å². The van der Waals surface area contributed by atoms with Crippen molar-refractivity contribution in [2.24, 2.45) is 5.92 Å². The Labute approximate surface area is 138 Å². The average molecular weight is 336 g/mol. The molecule has 6 heteroatoms. The number of thiophene rings is 1. The van der Waals surface area contributed by atoms with Crippen molar-refractivity contribution in [3.63, 3.8) is 0 Å². The molecule has 1 unspecified atom stereocenters. The van der Waals surface area contributed by atoms with Crippen LogP contribution in [0.3, 0.4) is 0 Å². The molecule has 0 saturated heterocycles. The summed E-state index contributed by atoms with van der Waals surface area (Å²) >= 11 is 3.25. The summed E-state index contributed by atoms with van der Waals surface area (Å²) < 4.78 is 0. The summed E-state index contributed by atoms with van der Waals surface area (Å²) in [5.41, 5.74) is 0.949. The molecule has 1 fully saturated rings. The highest BCUT2D eigenvalue weighted by Crippen LogP contribution is 2.39. The van der Waals surface area contributed by atoms with Gasteiger partial charge in [0.2, 0.25) is 5.91 Å². The Morgan fingerprint density at radius 2 is 2.27 bits per heavy atom. The molecule has 1 atom stereocenters. The summed E-state index contributed by atoms with van der Waals surface area (Å²) in [5.74, 6) is 0.369. The molecule has 3 rings (SSSR count). The van der Waals surface area contributed by atoms with E-state index in [2.05, 4.69) is 16.4 Å². The van der Waals surface area contributed by atoms with Crippen molar-refractivity contribution in [2.45, 2.75) is 45.3 Å². The molecule has 2 aromatic heterocycles. The highest BCUT2D eigenvalue weighted by Gasteiger charge is 2.36. The van der Waals surface area contributed by atoms with Crippen molar-refractivity contribution in [3.8, 4) is 0 Å². The van der Waals surface area contributed by atoms with Gasteiger partial charge in [0.05, 0.1) is 29.3 Å². The Morgan fingerprint density at radius 1 is 1.50 bits per heavy atom. The van der Waals surface area contributed by atoms with Crippen LogP contribution in [0.25, 0.3) is 0 Å². The first kappa shape index (κ1) is 15.6. The van der Waals surface area contributed by atoms with Gasteiger partial charge in [-0.3, -0.25) is 4.79 Å². The number of aryl methyl sites for hydroxylation is 2. The lowest BCUT2D eigenvalue weighted by molar-refractivity contribution is -0.122. The molecule has 22 heavy (non-hydrogen) atoms. The number of carbonyl (C=O) groups is 1. The molecule has 0 aliphatic heterocycles. The highest BCUT2D eigenvalue weighted by atomic mass is 32.1. The van der Waals surface area contributed by atoms with E-state index in [-0.39, 0.29) is 18.1 Å². The predicted molar refractivity (Wildman–Crippen MR) is 89.2 cm³/mol. The molecule has 0 spiro atoms. The molecular formula is C16H20N2O2S2. The lowest BCUT2D eigenvalue weighted by Crippen LogP contribution is -2.41. The van der Waals surface area contributed by atoms with E-state index >= 15 is 0 Å². The Bertz CT molecular complexity index is 645. The zero-order chi connectivity index (χ0) is 15.7. The zero-order valence-electron chi connectivity index (χ0n) is 12.7. The van der Waals surface area contributed by atoms with Gasteiger partial charge in [-0.1, -0.05) is 6.07 Å². The second kappa shape index (κ2) is 6.48. The van der Waals surface area contributed by atoms with Gasteiger partial charge in [0.1, 0.15) is 0 Å². The molecule has 0 bridgehead atoms. The monoisotopic (exact) mass is 336 g/mol. The number of hydrogen-bond acceptors (Lipinski definition) is 5. The largest absolute Gasteiger partial charge is 0.393 e. The summed E-state index contributed by atoms with van der Waals surface area (Å²) in [5, 5.41) is 15.7. The van der Waals surface area contributed by atoms with Crippen molar-refractivity contribution < 1.29 is 9.90 Å². The van der Waals surface area contributed by atoms with Gasteiger partial charge in [0.15, 0.2) is 0 Å². The van der Waals surface area contributed by atoms with Gasteiger partial charge in [-0.15, -0.1) is 22.7 Å². The molecular weight excluding hydrogens is 316 g/mol. The standard InChI is InChI=1S/C16H20N2O2S2/c1-9-14(22-10(2)17-9)8-15(20)18-16(11-6-12(19)7-11)13-4-3-5-21-13/h3-5,11-12,16,19H,6-8H2,1-2H3,(H,18,20). The van der Waals surface area contributed by atoms with Gasteiger partial charge in [-0.2, -0.15) is 0 Å². The van der Waals surface area contributed by atoms with Gasteiger partial charge < -0.3 is 10.4 Å². The molecule has 1 amide bonds. The number of thiazole rings is 1. The summed E-state index contributed by atoms with van der Waals surface area (Å²) in [6, 6.07) is 4.08. The van der Waals surface area contributed by atoms with E-state index in [9.17, 15) is 9.90 Å². The first-order valence-electron chi connectivity index (χ1n) is 7.46. The van der Waals surface area contributed by atoms with Crippen LogP contribution in [-0.4, -0.2) is 22.1 Å². The van der Waals surface area contributed by atoms with E-state index < -0.39 is 0 Å². The molecule has 1 aliphatic rings. The molecule has 118 valence electrons. The van der Waals surface area contributed by atoms with Crippen molar-refractivity contribution in [2.75, 3.05) is 0 Å². The maximum Gasteiger partial charge on any atom is 0.225 e. The minimum atomic E-state index is -0.212. The second-order valence-corrected chi connectivity index (χ2v) is 8.13. The van der Waals surface area contributed by atoms with E-state index in [1.54, 1.807) is 22.7 Å². The van der Waals surface area contributed by atoms with E-state index in [1.165, 1.54) is 4.88 Å². The van der Waals surface area contributed by atoms with Crippen molar-refractivity contribution in [3.05, 3.63) is 38.0 Å². The van der Waals surface area contributed by atoms with Crippen LogP contribution in [0.2, 0.25) is 0 Å². The Kier molecular flexibility index (Phi) is 4.61. The fraction of sp³-hybridized carbons (Fsp3) is 0.500. The summed E-state index contributed by atoms with van der Waals surface area (Å²) in [6.45, 7) is 3.91. The SMILES string of the molecule is Cc1nc(C)c(CC(=O)NC(c2cccs2)C2CC(O)C2)s1. The Hall–Kier alpha value is -1.24. The third kappa shape index (κ3) is 3.39. The van der Waals surface area contributed by atoms with Crippen molar-refractivity contribution >= 4 is 28.6 Å². The van der Waals surface area contributed by atoms with E-state index in [1.807, 2.05) is 25.3 Å². The third-order valence-corrected chi connectivity index (χ3v) is 6.14. The molecule has 1 saturated carbocycles. The van der Waals surface area contributed by atoms with Crippen LogP contribution >= 0.6 is 22.7 Å². The quantitative estimate of drug-likeness (QED) is 0.882. The van der Waals surface area contributed by atoms with Crippen LogP contribution < -0.4 is 5.32 Å². The van der Waals surface area contributed by atoms with Gasteiger partial charge >= 0.3 is 0 Å². The summed E-state index contributed by atoms with van der Waals surface area (Å²) in [4.78, 5) is 19.0. The summed E-state index contributed by atoms with van der Waals surface area (Å²) in [6.07, 6.45) is 1.70. The number of rotatable bonds is 5. The predicted octanol–water partition coefficient (Wildman–Crippen LogP) is 2.99. The number of carbonyl (C=O) groups excluding carboxylic acids is 1. The number of aliphatic hydroxyl groups excluding tert-OH is 1. The number of nitrogens with one attached hydrogen (secondary N) is 1. The summed E-state index contributed by atoms with van der Waals surface area (Å²) in [7, 11) is 0. The molecule has 4 nitrogen and oxygen atoms in total. The van der Waals surface area contributed by atoms with Crippen LogP contribution in [0.5, 0.6) is 0 Å². The van der Waals surface area contributed by atoms with Crippen LogP contribution in [0, 0.1) is 19.8 Å². The minimum Gasteiger partial charge on any atom is -0.393 e. The van der Waals surface area contributed by atoms with Gasteiger partial charge in [0.25, 0.3) is 0 Å². The zero-order valence-corrected chi connectivity index (χ0v) is 14.3. The Balaban J connectivity index is 1.68. The molecule has 1 aliphatic carbocycles. The van der Waals surface area contributed by atoms with Crippen molar-refractivity contribution in [1.29, 1.82) is 0 Å². The minimum absolute atomic E-state index is 0.0187. The first-order valence-corrected chi connectivity index (χ1v) is 9.16. The van der Waals surface area contributed by atoms with Crippen LogP contribution in [0.1, 0.15) is 39.3 Å². The van der Waals surface area contributed by atoms with Crippen LogP contribution in [0.15, 0.2) is 17.5 Å². The lowest BCUT2D eigenvalue weighted by atomic mass is 9.76. The number of hydrogen-bond donors (Lipinski definition) is 2. The van der Waals surface area contributed by atoms with E-state index in [0.29, 0.717) is 12.3 Å². The van der Waals surface area contributed by atoms with Crippen LogP contribution in [-0.2, 0) is 11.2 Å². The fourth-order valence-electron chi connectivity index (χ4n) is 2.90. The highest BCUT2D eigenvalue weighted by molar-refractivity contribution is 7.11. The molecule has 2 heterocycles. The smallest absolute Gasteiger partial charge is 0.225 e. The molecule has 2 aromatic rings. The van der Waals surface area contributed by atoms with Gasteiger partial charge in [-0.25, -0.2) is 4.98 Å². The normalized spacial score (nSPS) is 22.1.